The fraction of sp³-hybridized carbons (Fsp3) is 0.450. The molecule has 1 aliphatic heterocycles. The Bertz CT molecular complexity index is 761. The molecule has 1 aliphatic rings. The van der Waals surface area contributed by atoms with Gasteiger partial charge in [0.2, 0.25) is 11.7 Å². The summed E-state index contributed by atoms with van der Waals surface area (Å²) in [6.45, 7) is 2.91. The lowest BCUT2D eigenvalue weighted by Gasteiger charge is -2.33. The summed E-state index contributed by atoms with van der Waals surface area (Å²) in [5, 5.41) is 2.12. The summed E-state index contributed by atoms with van der Waals surface area (Å²) < 4.78 is 16.1. The molecule has 1 atom stereocenters. The lowest BCUT2D eigenvalue weighted by atomic mass is 10.00. The van der Waals surface area contributed by atoms with Crippen molar-refractivity contribution in [2.45, 2.75) is 32.2 Å². The first-order chi connectivity index (χ1) is 12.6. The molecule has 1 amide bonds. The summed E-state index contributed by atoms with van der Waals surface area (Å²) in [5.41, 5.74) is 2.29. The molecular formula is C20H25NO4S. The molecule has 2 heterocycles. The van der Waals surface area contributed by atoms with Crippen LogP contribution in [-0.2, 0) is 17.6 Å². The number of thiophene rings is 1. The number of carbonyl (C=O) groups is 1. The first-order valence-corrected chi connectivity index (χ1v) is 9.61. The summed E-state index contributed by atoms with van der Waals surface area (Å²) in [5.74, 6) is 1.98. The zero-order valence-corrected chi connectivity index (χ0v) is 16.5. The highest BCUT2D eigenvalue weighted by molar-refractivity contribution is 7.10. The minimum absolute atomic E-state index is 0.150. The number of rotatable bonds is 6. The van der Waals surface area contributed by atoms with Crippen LogP contribution in [0, 0.1) is 0 Å². The number of nitrogens with zero attached hydrogens (tertiary/aromatic N) is 1. The second kappa shape index (κ2) is 7.99. The number of ether oxygens (including phenoxy) is 3. The average Bonchev–Trinajstić information content (AvgIpc) is 3.15. The number of aryl methyl sites for hydroxylation is 1. The number of benzene rings is 1. The molecule has 0 spiro atoms. The predicted molar refractivity (Wildman–Crippen MR) is 103 cm³/mol. The maximum atomic E-state index is 12.8. The van der Waals surface area contributed by atoms with Gasteiger partial charge in [-0.3, -0.25) is 4.79 Å². The Morgan fingerprint density at radius 1 is 1.19 bits per heavy atom. The topological polar surface area (TPSA) is 48.0 Å². The van der Waals surface area contributed by atoms with Crippen molar-refractivity contribution in [2.24, 2.45) is 0 Å². The fourth-order valence-corrected chi connectivity index (χ4v) is 4.49. The number of amides is 1. The summed E-state index contributed by atoms with van der Waals surface area (Å²) in [7, 11) is 4.78. The Morgan fingerprint density at radius 2 is 1.88 bits per heavy atom. The maximum Gasteiger partial charge on any atom is 0.223 e. The van der Waals surface area contributed by atoms with Gasteiger partial charge in [0.15, 0.2) is 11.5 Å². The first kappa shape index (κ1) is 18.6. The van der Waals surface area contributed by atoms with Crippen LogP contribution in [0.15, 0.2) is 23.6 Å². The van der Waals surface area contributed by atoms with Crippen LogP contribution in [0.5, 0.6) is 17.2 Å². The Kier molecular flexibility index (Phi) is 5.71. The third kappa shape index (κ3) is 3.51. The molecule has 140 valence electrons. The van der Waals surface area contributed by atoms with Gasteiger partial charge in [-0.2, -0.15) is 0 Å². The van der Waals surface area contributed by atoms with Gasteiger partial charge in [-0.25, -0.2) is 0 Å². The molecule has 26 heavy (non-hydrogen) atoms. The number of fused-ring (bicyclic) bond motifs is 1. The van der Waals surface area contributed by atoms with Gasteiger partial charge in [-0.05, 0) is 54.5 Å². The van der Waals surface area contributed by atoms with Crippen molar-refractivity contribution < 1.29 is 19.0 Å². The van der Waals surface area contributed by atoms with Gasteiger partial charge in [0.25, 0.3) is 0 Å². The highest BCUT2D eigenvalue weighted by Gasteiger charge is 2.28. The van der Waals surface area contributed by atoms with E-state index in [2.05, 4.69) is 18.4 Å². The van der Waals surface area contributed by atoms with Gasteiger partial charge in [-0.15, -0.1) is 11.3 Å². The van der Waals surface area contributed by atoms with Gasteiger partial charge in [-0.1, -0.05) is 0 Å². The highest BCUT2D eigenvalue weighted by atomic mass is 32.1. The van der Waals surface area contributed by atoms with Crippen LogP contribution in [0.2, 0.25) is 0 Å². The smallest absolute Gasteiger partial charge is 0.223 e. The SMILES string of the molecule is COc1cc(CCC(=O)N2CCc3sccc3C2C)cc(OC)c1OC. The monoisotopic (exact) mass is 375 g/mol. The standard InChI is InChI=1S/C20H25NO4S/c1-13-15-8-10-26-18(15)7-9-21(13)19(22)6-5-14-11-16(23-2)20(25-4)17(12-14)24-3/h8,10-13H,5-7,9H2,1-4H3. The number of methoxy groups -OCH3 is 3. The van der Waals surface area contributed by atoms with Crippen molar-refractivity contribution >= 4 is 17.2 Å². The van der Waals surface area contributed by atoms with E-state index in [4.69, 9.17) is 14.2 Å². The van der Waals surface area contributed by atoms with E-state index in [-0.39, 0.29) is 11.9 Å². The normalized spacial score (nSPS) is 16.2. The molecule has 0 fully saturated rings. The Balaban J connectivity index is 1.70. The molecule has 0 radical (unpaired) electrons. The summed E-state index contributed by atoms with van der Waals surface area (Å²) in [6.07, 6.45) is 2.05. The van der Waals surface area contributed by atoms with E-state index in [1.807, 2.05) is 17.0 Å². The van der Waals surface area contributed by atoms with Gasteiger partial charge >= 0.3 is 0 Å². The molecule has 3 rings (SSSR count). The zero-order valence-electron chi connectivity index (χ0n) is 15.7. The lowest BCUT2D eigenvalue weighted by Crippen LogP contribution is -2.38. The Hall–Kier alpha value is -2.21. The van der Waals surface area contributed by atoms with Crippen LogP contribution in [0.25, 0.3) is 0 Å². The Morgan fingerprint density at radius 3 is 2.50 bits per heavy atom. The van der Waals surface area contributed by atoms with Crippen molar-refractivity contribution in [3.63, 3.8) is 0 Å². The van der Waals surface area contributed by atoms with Crippen molar-refractivity contribution in [3.05, 3.63) is 39.6 Å². The molecule has 0 saturated heterocycles. The largest absolute Gasteiger partial charge is 0.493 e. The van der Waals surface area contributed by atoms with Gasteiger partial charge in [0.1, 0.15) is 0 Å². The molecule has 0 N–H and O–H groups in total. The average molecular weight is 375 g/mol. The third-order valence-corrected chi connectivity index (χ3v) is 5.95. The second-order valence-electron chi connectivity index (χ2n) is 6.35. The van der Waals surface area contributed by atoms with Crippen LogP contribution in [0.1, 0.15) is 35.4 Å². The third-order valence-electron chi connectivity index (χ3n) is 4.95. The quantitative estimate of drug-likeness (QED) is 0.769. The first-order valence-electron chi connectivity index (χ1n) is 8.73. The molecule has 2 aromatic rings. The van der Waals surface area contributed by atoms with E-state index < -0.39 is 0 Å². The number of carbonyl (C=O) groups excluding carboxylic acids is 1. The van der Waals surface area contributed by atoms with Crippen molar-refractivity contribution in [3.8, 4) is 17.2 Å². The van der Waals surface area contributed by atoms with Crippen LogP contribution in [0.4, 0.5) is 0 Å². The zero-order chi connectivity index (χ0) is 18.7. The highest BCUT2D eigenvalue weighted by Crippen LogP contribution is 2.39. The van der Waals surface area contributed by atoms with E-state index in [9.17, 15) is 4.79 Å². The molecular weight excluding hydrogens is 350 g/mol. The van der Waals surface area contributed by atoms with E-state index in [1.165, 1.54) is 10.4 Å². The van der Waals surface area contributed by atoms with E-state index in [1.54, 1.807) is 32.7 Å². The number of hydrogen-bond donors (Lipinski definition) is 0. The molecule has 1 unspecified atom stereocenters. The minimum atomic E-state index is 0.150. The molecule has 0 aliphatic carbocycles. The van der Waals surface area contributed by atoms with Crippen LogP contribution >= 0.6 is 11.3 Å². The fourth-order valence-electron chi connectivity index (χ4n) is 3.52. The van der Waals surface area contributed by atoms with Crippen LogP contribution in [-0.4, -0.2) is 38.7 Å². The van der Waals surface area contributed by atoms with Crippen molar-refractivity contribution in [2.75, 3.05) is 27.9 Å². The summed E-state index contributed by atoms with van der Waals surface area (Å²) in [4.78, 5) is 16.2. The predicted octanol–water partition coefficient (Wildman–Crippen LogP) is 3.85. The molecule has 1 aromatic heterocycles. The van der Waals surface area contributed by atoms with E-state index >= 15 is 0 Å². The molecule has 6 heteroatoms. The second-order valence-corrected chi connectivity index (χ2v) is 7.35. The molecule has 0 saturated carbocycles. The van der Waals surface area contributed by atoms with Crippen LogP contribution < -0.4 is 14.2 Å². The van der Waals surface area contributed by atoms with E-state index in [0.717, 1.165) is 18.5 Å². The van der Waals surface area contributed by atoms with Gasteiger partial charge < -0.3 is 19.1 Å². The summed E-state index contributed by atoms with van der Waals surface area (Å²) in [6, 6.07) is 6.11. The maximum absolute atomic E-state index is 12.8. The summed E-state index contributed by atoms with van der Waals surface area (Å²) >= 11 is 1.79. The van der Waals surface area contributed by atoms with Crippen LogP contribution in [0.3, 0.4) is 0 Å². The minimum Gasteiger partial charge on any atom is -0.493 e. The van der Waals surface area contributed by atoms with Crippen molar-refractivity contribution in [1.29, 1.82) is 0 Å². The molecule has 0 bridgehead atoms. The molecule has 1 aromatic carbocycles. The Labute approximate surface area is 158 Å². The lowest BCUT2D eigenvalue weighted by molar-refractivity contribution is -0.133. The van der Waals surface area contributed by atoms with E-state index in [0.29, 0.717) is 30.1 Å². The van der Waals surface area contributed by atoms with Gasteiger partial charge in [0.05, 0.1) is 27.4 Å². The number of hydrogen-bond acceptors (Lipinski definition) is 5. The molecule has 5 nitrogen and oxygen atoms in total. The van der Waals surface area contributed by atoms with Crippen molar-refractivity contribution in [1.82, 2.24) is 4.90 Å². The van der Waals surface area contributed by atoms with Gasteiger partial charge in [0, 0.05) is 17.8 Å².